The van der Waals surface area contributed by atoms with Gasteiger partial charge in [-0.1, -0.05) is 24.3 Å². The Balaban J connectivity index is 1.69. The van der Waals surface area contributed by atoms with Crippen LogP contribution in [0.5, 0.6) is 11.5 Å². The summed E-state index contributed by atoms with van der Waals surface area (Å²) in [6.07, 6.45) is 5.14. The summed E-state index contributed by atoms with van der Waals surface area (Å²) >= 11 is 0. The van der Waals surface area contributed by atoms with E-state index in [1.807, 2.05) is 76.2 Å². The highest BCUT2D eigenvalue weighted by Gasteiger charge is 2.35. The second-order valence-electron chi connectivity index (χ2n) is 9.27. The van der Waals surface area contributed by atoms with Crippen LogP contribution >= 0.6 is 0 Å². The Labute approximate surface area is 202 Å². The van der Waals surface area contributed by atoms with E-state index in [1.165, 1.54) is 0 Å². The number of hydrogen-bond donors (Lipinski definition) is 1. The van der Waals surface area contributed by atoms with Gasteiger partial charge >= 0.3 is 0 Å². The number of nitrogens with two attached hydrogens (primary N) is 1. The number of nitriles is 1. The first-order valence-corrected chi connectivity index (χ1v) is 11.9. The first kappa shape index (κ1) is 23.5. The quantitative estimate of drug-likeness (QED) is 0.530. The zero-order valence-electron chi connectivity index (χ0n) is 20.3. The van der Waals surface area contributed by atoms with Crippen molar-refractivity contribution in [2.75, 3.05) is 0 Å². The molecule has 1 unspecified atom stereocenters. The van der Waals surface area contributed by atoms with E-state index < -0.39 is 0 Å². The second kappa shape index (κ2) is 10.1. The molecule has 1 aliphatic heterocycles. The normalized spacial score (nSPS) is 19.2. The van der Waals surface area contributed by atoms with Crippen LogP contribution in [0, 0.1) is 11.3 Å². The minimum atomic E-state index is -0.215. The van der Waals surface area contributed by atoms with Crippen LogP contribution in [0.1, 0.15) is 64.0 Å². The molecule has 5 nitrogen and oxygen atoms in total. The molecule has 2 N–H and O–H groups in total. The van der Waals surface area contributed by atoms with Gasteiger partial charge in [0.25, 0.3) is 0 Å². The minimum absolute atomic E-state index is 0.102. The molecule has 0 saturated carbocycles. The first-order valence-electron chi connectivity index (χ1n) is 11.9. The van der Waals surface area contributed by atoms with Crippen LogP contribution in [-0.4, -0.2) is 12.2 Å². The van der Waals surface area contributed by atoms with Gasteiger partial charge in [0.15, 0.2) is 0 Å². The monoisotopic (exact) mass is 456 g/mol. The molecule has 176 valence electrons. The van der Waals surface area contributed by atoms with E-state index in [2.05, 4.69) is 12.1 Å². The summed E-state index contributed by atoms with van der Waals surface area (Å²) in [6, 6.07) is 18.3. The highest BCUT2D eigenvalue weighted by Crippen LogP contribution is 2.47. The van der Waals surface area contributed by atoms with Gasteiger partial charge in [-0.3, -0.25) is 0 Å². The van der Waals surface area contributed by atoms with Crippen LogP contribution in [0.15, 0.2) is 76.9 Å². The highest BCUT2D eigenvalue weighted by atomic mass is 16.5. The predicted molar refractivity (Wildman–Crippen MR) is 134 cm³/mol. The van der Waals surface area contributed by atoms with Gasteiger partial charge in [0.1, 0.15) is 28.9 Å². The van der Waals surface area contributed by atoms with Crippen molar-refractivity contribution >= 4 is 6.08 Å². The molecule has 0 bridgehead atoms. The Bertz CT molecular complexity index is 1160. The molecule has 2 aromatic rings. The van der Waals surface area contributed by atoms with Crippen molar-refractivity contribution in [2.45, 2.75) is 65.1 Å². The van der Waals surface area contributed by atoms with Gasteiger partial charge in [0.05, 0.1) is 12.2 Å². The van der Waals surface area contributed by atoms with Gasteiger partial charge in [-0.2, -0.15) is 5.26 Å². The Hall–Kier alpha value is -3.65. The molecule has 0 saturated heterocycles. The van der Waals surface area contributed by atoms with Crippen molar-refractivity contribution in [2.24, 2.45) is 5.73 Å². The molecular formula is C29H32N2O3. The van der Waals surface area contributed by atoms with Crippen molar-refractivity contribution in [3.8, 4) is 17.6 Å². The van der Waals surface area contributed by atoms with Crippen LogP contribution in [0.4, 0.5) is 0 Å². The smallest absolute Gasteiger partial charge is 0.205 e. The number of benzene rings is 2. The molecule has 5 heteroatoms. The van der Waals surface area contributed by atoms with Crippen molar-refractivity contribution in [3.05, 3.63) is 88.0 Å². The molecule has 2 aromatic carbocycles. The van der Waals surface area contributed by atoms with E-state index in [9.17, 15) is 5.26 Å². The third kappa shape index (κ3) is 5.12. The predicted octanol–water partition coefficient (Wildman–Crippen LogP) is 6.59. The first-order chi connectivity index (χ1) is 16.4. The molecule has 0 aromatic heterocycles. The van der Waals surface area contributed by atoms with E-state index in [0.717, 1.165) is 58.8 Å². The Morgan fingerprint density at radius 2 is 1.53 bits per heavy atom. The topological polar surface area (TPSA) is 77.5 Å². The van der Waals surface area contributed by atoms with Gasteiger partial charge < -0.3 is 19.9 Å². The summed E-state index contributed by atoms with van der Waals surface area (Å²) in [7, 11) is 0. The standard InChI is InChI=1S/C29H32N2O3/c1-18(2)32-23-12-8-20(9-13-23)16-22-6-5-7-25-27(26(17-30)29(31)34-28(22)25)21-10-14-24(15-11-21)33-19(3)4/h8-16,18-19,27H,5-7,31H2,1-4H3/b22-16+. The van der Waals surface area contributed by atoms with Gasteiger partial charge in [0.2, 0.25) is 5.88 Å². The fourth-order valence-corrected chi connectivity index (χ4v) is 4.54. The van der Waals surface area contributed by atoms with Gasteiger partial charge in [-0.05, 0) is 99.6 Å². The zero-order chi connectivity index (χ0) is 24.2. The van der Waals surface area contributed by atoms with E-state index in [4.69, 9.17) is 19.9 Å². The van der Waals surface area contributed by atoms with Crippen molar-refractivity contribution in [1.82, 2.24) is 0 Å². The summed E-state index contributed by atoms with van der Waals surface area (Å²) < 4.78 is 17.6. The molecule has 1 aliphatic carbocycles. The Morgan fingerprint density at radius 1 is 0.941 bits per heavy atom. The fourth-order valence-electron chi connectivity index (χ4n) is 4.54. The van der Waals surface area contributed by atoms with E-state index in [0.29, 0.717) is 5.57 Å². The lowest BCUT2D eigenvalue weighted by Gasteiger charge is -2.33. The third-order valence-corrected chi connectivity index (χ3v) is 5.89. The maximum absolute atomic E-state index is 9.90. The number of nitrogens with zero attached hydrogens (tertiary/aromatic N) is 1. The third-order valence-electron chi connectivity index (χ3n) is 5.89. The second-order valence-corrected chi connectivity index (χ2v) is 9.27. The molecule has 1 atom stereocenters. The number of allylic oxidation sites excluding steroid dienone is 3. The summed E-state index contributed by atoms with van der Waals surface area (Å²) in [6.45, 7) is 8.03. The minimum Gasteiger partial charge on any atom is -0.491 e. The van der Waals surface area contributed by atoms with Crippen LogP contribution in [0.2, 0.25) is 0 Å². The molecule has 4 rings (SSSR count). The van der Waals surface area contributed by atoms with E-state index >= 15 is 0 Å². The summed E-state index contributed by atoms with van der Waals surface area (Å²) in [5.74, 6) is 2.43. The van der Waals surface area contributed by atoms with Crippen molar-refractivity contribution < 1.29 is 14.2 Å². The van der Waals surface area contributed by atoms with Crippen LogP contribution in [0.25, 0.3) is 6.08 Å². The average molecular weight is 457 g/mol. The van der Waals surface area contributed by atoms with Gasteiger partial charge in [-0.25, -0.2) is 0 Å². The Kier molecular flexibility index (Phi) is 6.98. The number of ether oxygens (including phenoxy) is 3. The average Bonchev–Trinajstić information content (AvgIpc) is 2.80. The van der Waals surface area contributed by atoms with E-state index in [-0.39, 0.29) is 24.0 Å². The SMILES string of the molecule is CC(C)Oc1ccc(/C=C2\CCCC3=C2OC(N)=C(C#N)C3c2ccc(OC(C)C)cc2)cc1. The lowest BCUT2D eigenvalue weighted by molar-refractivity contribution is 0.242. The lowest BCUT2D eigenvalue weighted by atomic mass is 9.77. The molecule has 0 amide bonds. The zero-order valence-corrected chi connectivity index (χ0v) is 20.3. The summed E-state index contributed by atoms with van der Waals surface area (Å²) in [5, 5.41) is 9.90. The summed E-state index contributed by atoms with van der Waals surface area (Å²) in [5.41, 5.74) is 11.0. The molecule has 0 spiro atoms. The molecule has 2 aliphatic rings. The largest absolute Gasteiger partial charge is 0.491 e. The molecule has 34 heavy (non-hydrogen) atoms. The van der Waals surface area contributed by atoms with Crippen molar-refractivity contribution in [1.29, 1.82) is 5.26 Å². The summed E-state index contributed by atoms with van der Waals surface area (Å²) in [4.78, 5) is 0. The molecule has 1 heterocycles. The number of hydrogen-bond acceptors (Lipinski definition) is 5. The van der Waals surface area contributed by atoms with Crippen LogP contribution in [-0.2, 0) is 4.74 Å². The van der Waals surface area contributed by atoms with Crippen LogP contribution in [0.3, 0.4) is 0 Å². The van der Waals surface area contributed by atoms with Gasteiger partial charge in [0, 0.05) is 5.92 Å². The van der Waals surface area contributed by atoms with E-state index in [1.54, 1.807) is 0 Å². The molecular weight excluding hydrogens is 424 g/mol. The van der Waals surface area contributed by atoms with Crippen molar-refractivity contribution in [3.63, 3.8) is 0 Å². The highest BCUT2D eigenvalue weighted by molar-refractivity contribution is 5.62. The van der Waals surface area contributed by atoms with Crippen LogP contribution < -0.4 is 15.2 Å². The van der Waals surface area contributed by atoms with Gasteiger partial charge in [-0.15, -0.1) is 0 Å². The molecule has 0 radical (unpaired) electrons. The fraction of sp³-hybridized carbons (Fsp3) is 0.345. The maximum atomic E-state index is 9.90. The Morgan fingerprint density at radius 3 is 2.09 bits per heavy atom. The molecule has 0 fully saturated rings. The number of rotatable bonds is 6. The maximum Gasteiger partial charge on any atom is 0.205 e. The lowest BCUT2D eigenvalue weighted by Crippen LogP contribution is -2.23.